The van der Waals surface area contributed by atoms with Crippen molar-refractivity contribution in [1.29, 1.82) is 0 Å². The topological polar surface area (TPSA) is 26.3 Å². The Kier molecular flexibility index (Phi) is 4.39. The van der Waals surface area contributed by atoms with Crippen molar-refractivity contribution in [3.8, 4) is 0 Å². The van der Waals surface area contributed by atoms with Crippen LogP contribution in [0.5, 0.6) is 0 Å². The molecule has 134 valence electrons. The minimum absolute atomic E-state index is 0.183. The third-order valence-corrected chi connectivity index (χ3v) is 11.5. The average Bonchev–Trinajstić information content (AvgIpc) is 2.98. The first-order valence-electron chi connectivity index (χ1n) is 9.62. The lowest BCUT2D eigenvalue weighted by Gasteiger charge is -2.41. The van der Waals surface area contributed by atoms with Gasteiger partial charge in [0, 0.05) is 17.9 Å². The van der Waals surface area contributed by atoms with Gasteiger partial charge in [-0.1, -0.05) is 26.3 Å². The van der Waals surface area contributed by atoms with Crippen LogP contribution in [0.1, 0.15) is 60.3 Å². The van der Waals surface area contributed by atoms with Gasteiger partial charge in [0.2, 0.25) is 8.32 Å². The van der Waals surface area contributed by atoms with Crippen LogP contribution in [0.15, 0.2) is 23.0 Å². The molecule has 24 heavy (non-hydrogen) atoms. The van der Waals surface area contributed by atoms with Crippen LogP contribution >= 0.6 is 0 Å². The van der Waals surface area contributed by atoms with E-state index in [1.165, 1.54) is 19.3 Å². The van der Waals surface area contributed by atoms with Crippen LogP contribution in [-0.4, -0.2) is 14.1 Å². The summed E-state index contributed by atoms with van der Waals surface area (Å²) in [5.74, 6) is 3.97. The van der Waals surface area contributed by atoms with E-state index in [2.05, 4.69) is 53.8 Å². The van der Waals surface area contributed by atoms with Gasteiger partial charge >= 0.3 is 0 Å². The Morgan fingerprint density at radius 3 is 2.38 bits per heavy atom. The van der Waals surface area contributed by atoms with E-state index in [4.69, 9.17) is 4.43 Å². The smallest absolute Gasteiger partial charge is 0.250 e. The molecule has 0 amide bonds. The Balaban J connectivity index is 2.03. The summed E-state index contributed by atoms with van der Waals surface area (Å²) in [6.45, 7) is 15.6. The van der Waals surface area contributed by atoms with Gasteiger partial charge in [-0.3, -0.25) is 4.79 Å². The van der Waals surface area contributed by atoms with Crippen molar-refractivity contribution in [2.24, 2.45) is 23.7 Å². The maximum absolute atomic E-state index is 12.8. The predicted molar refractivity (Wildman–Crippen MR) is 102 cm³/mol. The van der Waals surface area contributed by atoms with Crippen LogP contribution in [0, 0.1) is 23.7 Å². The molecule has 0 radical (unpaired) electrons. The highest BCUT2D eigenvalue weighted by atomic mass is 28.4. The number of rotatable bonds is 2. The van der Waals surface area contributed by atoms with Gasteiger partial charge in [0.1, 0.15) is 0 Å². The lowest BCUT2D eigenvalue weighted by molar-refractivity contribution is -0.116. The molecule has 4 atom stereocenters. The third-order valence-electron chi connectivity index (χ3n) is 7.14. The van der Waals surface area contributed by atoms with E-state index in [0.29, 0.717) is 17.6 Å². The van der Waals surface area contributed by atoms with Crippen LogP contribution in [0.2, 0.25) is 18.1 Å². The second-order valence-electron chi connectivity index (χ2n) is 9.97. The molecule has 3 aliphatic carbocycles. The van der Waals surface area contributed by atoms with E-state index in [1.54, 1.807) is 0 Å². The van der Waals surface area contributed by atoms with Gasteiger partial charge in [-0.05, 0) is 75.1 Å². The Bertz CT molecular complexity index is 602. The van der Waals surface area contributed by atoms with Gasteiger partial charge in [-0.15, -0.1) is 0 Å². The zero-order chi connectivity index (χ0) is 17.9. The number of Topliss-reactive ketones (excluding diaryl/α,β-unsaturated/α-hetero) is 1. The second kappa shape index (κ2) is 5.86. The normalized spacial score (nSPS) is 33.2. The highest BCUT2D eigenvalue weighted by Crippen LogP contribution is 2.58. The summed E-state index contributed by atoms with van der Waals surface area (Å²) in [4.78, 5) is 12.8. The average molecular weight is 347 g/mol. The lowest BCUT2D eigenvalue weighted by Crippen LogP contribution is -2.42. The van der Waals surface area contributed by atoms with Gasteiger partial charge < -0.3 is 4.43 Å². The van der Waals surface area contributed by atoms with Crippen molar-refractivity contribution in [3.05, 3.63) is 23.0 Å². The van der Waals surface area contributed by atoms with Crippen LogP contribution in [0.25, 0.3) is 0 Å². The van der Waals surface area contributed by atoms with E-state index < -0.39 is 8.32 Å². The molecule has 2 bridgehead atoms. The number of ketones is 1. The predicted octanol–water partition coefficient (Wildman–Crippen LogP) is 5.86. The number of hydrogen-bond acceptors (Lipinski definition) is 2. The maximum Gasteiger partial charge on any atom is 0.250 e. The Morgan fingerprint density at radius 2 is 1.79 bits per heavy atom. The standard InChI is InChI=1S/C21H34O2Si/c1-13(2)16-12-19(23-24(6,7)21(3,4)5)20-15-9-8-14(10-15)17(20)11-18(16)22/h12,14-15,17,20H,8-11H2,1-7H3/t14-,15+,17+,20-/m0/s1. The molecule has 0 N–H and O–H groups in total. The summed E-state index contributed by atoms with van der Waals surface area (Å²) >= 11 is 0. The minimum Gasteiger partial charge on any atom is -0.546 e. The van der Waals surface area contributed by atoms with Crippen LogP contribution < -0.4 is 0 Å². The van der Waals surface area contributed by atoms with Gasteiger partial charge in [-0.2, -0.15) is 0 Å². The zero-order valence-corrected chi connectivity index (χ0v) is 17.5. The first-order valence-corrected chi connectivity index (χ1v) is 12.5. The fourth-order valence-corrected chi connectivity index (χ4v) is 5.85. The first kappa shape index (κ1) is 18.0. The summed E-state index contributed by atoms with van der Waals surface area (Å²) < 4.78 is 6.83. The molecular formula is C21H34O2Si. The molecule has 3 heteroatoms. The summed E-state index contributed by atoms with van der Waals surface area (Å²) in [6.07, 6.45) is 6.82. The number of hydrogen-bond donors (Lipinski definition) is 0. The van der Waals surface area contributed by atoms with Gasteiger partial charge in [0.15, 0.2) is 5.78 Å². The molecule has 2 fully saturated rings. The molecular weight excluding hydrogens is 312 g/mol. The first-order chi connectivity index (χ1) is 11.0. The summed E-state index contributed by atoms with van der Waals surface area (Å²) in [5, 5.41) is 0.183. The van der Waals surface area contributed by atoms with Crippen molar-refractivity contribution < 1.29 is 9.22 Å². The van der Waals surface area contributed by atoms with Crippen molar-refractivity contribution in [2.75, 3.05) is 0 Å². The Hall–Kier alpha value is -0.833. The second-order valence-corrected chi connectivity index (χ2v) is 14.7. The van der Waals surface area contributed by atoms with Crippen LogP contribution in [0.3, 0.4) is 0 Å². The number of carbonyl (C=O) groups excluding carboxylic acids is 1. The van der Waals surface area contributed by atoms with Gasteiger partial charge in [0.05, 0.1) is 5.76 Å². The van der Waals surface area contributed by atoms with E-state index in [-0.39, 0.29) is 5.04 Å². The molecule has 2 saturated carbocycles. The fraction of sp³-hybridized carbons (Fsp3) is 0.762. The Labute approximate surface area is 148 Å². The lowest BCUT2D eigenvalue weighted by atomic mass is 9.77. The third kappa shape index (κ3) is 2.93. The molecule has 0 unspecified atom stereocenters. The van der Waals surface area contributed by atoms with Gasteiger partial charge in [0.25, 0.3) is 0 Å². The quantitative estimate of drug-likeness (QED) is 0.462. The number of allylic oxidation sites excluding steroid dienone is 4. The molecule has 0 heterocycles. The molecule has 0 aromatic heterocycles. The van der Waals surface area contributed by atoms with Crippen molar-refractivity contribution in [2.45, 2.75) is 78.4 Å². The van der Waals surface area contributed by atoms with E-state index in [0.717, 1.165) is 35.2 Å². The monoisotopic (exact) mass is 346 g/mol. The Morgan fingerprint density at radius 1 is 1.17 bits per heavy atom. The van der Waals surface area contributed by atoms with E-state index >= 15 is 0 Å². The molecule has 3 rings (SSSR count). The van der Waals surface area contributed by atoms with Crippen molar-refractivity contribution in [3.63, 3.8) is 0 Å². The highest BCUT2D eigenvalue weighted by Gasteiger charge is 2.52. The van der Waals surface area contributed by atoms with E-state index in [9.17, 15) is 4.79 Å². The summed E-state index contributed by atoms with van der Waals surface area (Å²) in [6, 6.07) is 0. The molecule has 0 aliphatic heterocycles. The maximum atomic E-state index is 12.8. The highest BCUT2D eigenvalue weighted by molar-refractivity contribution is 6.74. The van der Waals surface area contributed by atoms with Crippen molar-refractivity contribution in [1.82, 2.24) is 0 Å². The summed E-state index contributed by atoms with van der Waals surface area (Å²) in [7, 11) is -1.89. The van der Waals surface area contributed by atoms with E-state index in [1.807, 2.05) is 0 Å². The summed E-state index contributed by atoms with van der Waals surface area (Å²) in [5.41, 5.74) is 2.04. The fourth-order valence-electron chi connectivity index (χ4n) is 4.76. The van der Waals surface area contributed by atoms with Crippen molar-refractivity contribution >= 4 is 14.1 Å². The molecule has 0 spiro atoms. The largest absolute Gasteiger partial charge is 0.546 e. The molecule has 0 aromatic rings. The molecule has 0 saturated heterocycles. The molecule has 3 aliphatic rings. The number of carbonyl (C=O) groups is 1. The van der Waals surface area contributed by atoms with Crippen LogP contribution in [-0.2, 0) is 9.22 Å². The van der Waals surface area contributed by atoms with Crippen LogP contribution in [0.4, 0.5) is 0 Å². The molecule has 0 aromatic carbocycles. The molecule has 2 nitrogen and oxygen atoms in total. The minimum atomic E-state index is -1.89. The zero-order valence-electron chi connectivity index (χ0n) is 16.5. The van der Waals surface area contributed by atoms with Gasteiger partial charge in [-0.25, -0.2) is 0 Å². The number of fused-ring (bicyclic) bond motifs is 5. The SMILES string of the molecule is CC(C)=C1C=C(O[Si](C)(C)C(C)(C)C)[C@H]2[C@@H]3CC[C@@H](C3)[C@H]2CC1=O.